The molecule has 1 rings (SSSR count). The minimum absolute atomic E-state index is 0.608. The fourth-order valence-electron chi connectivity index (χ4n) is 1.66. The van der Waals surface area contributed by atoms with Crippen molar-refractivity contribution < 1.29 is 5.11 Å². The standard InChI is InChI=1S/C13H21NO/c1-3-14-10-9-13(2,15)11-12-7-5-4-6-8-12/h4-8,14-15H,3,9-11H2,1-2H3. The number of nitrogens with one attached hydrogen (secondary N) is 1. The smallest absolute Gasteiger partial charge is 0.0672 e. The number of aliphatic hydroxyl groups is 1. The van der Waals surface area contributed by atoms with Crippen LogP contribution in [0.2, 0.25) is 0 Å². The Labute approximate surface area is 92.3 Å². The van der Waals surface area contributed by atoms with E-state index in [1.807, 2.05) is 25.1 Å². The molecule has 0 aliphatic carbocycles. The summed E-state index contributed by atoms with van der Waals surface area (Å²) in [5, 5.41) is 13.4. The highest BCUT2D eigenvalue weighted by molar-refractivity contribution is 5.16. The van der Waals surface area contributed by atoms with Crippen LogP contribution in [0, 0.1) is 0 Å². The van der Waals surface area contributed by atoms with Gasteiger partial charge < -0.3 is 10.4 Å². The maximum Gasteiger partial charge on any atom is 0.0672 e. The summed E-state index contributed by atoms with van der Waals surface area (Å²) in [5.41, 5.74) is 0.586. The van der Waals surface area contributed by atoms with E-state index in [1.54, 1.807) is 0 Å². The zero-order valence-corrected chi connectivity index (χ0v) is 9.66. The quantitative estimate of drug-likeness (QED) is 0.699. The van der Waals surface area contributed by atoms with Gasteiger partial charge in [0.15, 0.2) is 0 Å². The molecule has 0 spiro atoms. The summed E-state index contributed by atoms with van der Waals surface area (Å²) in [6.45, 7) is 5.81. The predicted octanol–water partition coefficient (Wildman–Crippen LogP) is 1.98. The SMILES string of the molecule is CCNCCC(C)(O)Cc1ccccc1. The lowest BCUT2D eigenvalue weighted by molar-refractivity contribution is 0.0517. The Morgan fingerprint density at radius 3 is 2.53 bits per heavy atom. The van der Waals surface area contributed by atoms with Gasteiger partial charge in [0.05, 0.1) is 5.60 Å². The zero-order chi connectivity index (χ0) is 11.1. The minimum Gasteiger partial charge on any atom is -0.390 e. The van der Waals surface area contributed by atoms with E-state index in [0.717, 1.165) is 25.9 Å². The van der Waals surface area contributed by atoms with E-state index in [4.69, 9.17) is 0 Å². The van der Waals surface area contributed by atoms with Gasteiger partial charge in [-0.05, 0) is 32.0 Å². The van der Waals surface area contributed by atoms with Crippen LogP contribution < -0.4 is 5.32 Å². The first-order valence-corrected chi connectivity index (χ1v) is 5.61. The molecule has 1 unspecified atom stereocenters. The van der Waals surface area contributed by atoms with Crippen LogP contribution in [0.3, 0.4) is 0 Å². The second kappa shape index (κ2) is 5.89. The molecular weight excluding hydrogens is 186 g/mol. The van der Waals surface area contributed by atoms with Crippen LogP contribution in [0.1, 0.15) is 25.8 Å². The molecule has 0 bridgehead atoms. The maximum absolute atomic E-state index is 10.2. The molecular formula is C13H21NO. The van der Waals surface area contributed by atoms with E-state index >= 15 is 0 Å². The molecule has 0 saturated carbocycles. The van der Waals surface area contributed by atoms with E-state index < -0.39 is 5.60 Å². The van der Waals surface area contributed by atoms with Gasteiger partial charge in [-0.1, -0.05) is 37.3 Å². The van der Waals surface area contributed by atoms with Gasteiger partial charge in [0.1, 0.15) is 0 Å². The zero-order valence-electron chi connectivity index (χ0n) is 9.66. The van der Waals surface area contributed by atoms with Crippen molar-refractivity contribution in [1.29, 1.82) is 0 Å². The number of hydrogen-bond donors (Lipinski definition) is 2. The third kappa shape index (κ3) is 4.96. The van der Waals surface area contributed by atoms with Gasteiger partial charge in [-0.25, -0.2) is 0 Å². The molecule has 1 aromatic rings. The molecule has 2 nitrogen and oxygen atoms in total. The Hall–Kier alpha value is -0.860. The van der Waals surface area contributed by atoms with Crippen molar-refractivity contribution in [3.8, 4) is 0 Å². The summed E-state index contributed by atoms with van der Waals surface area (Å²) >= 11 is 0. The Bertz CT molecular complexity index is 269. The molecule has 15 heavy (non-hydrogen) atoms. The summed E-state index contributed by atoms with van der Waals surface area (Å²) in [6.07, 6.45) is 1.51. The van der Waals surface area contributed by atoms with Gasteiger partial charge in [-0.3, -0.25) is 0 Å². The Morgan fingerprint density at radius 2 is 1.93 bits per heavy atom. The lowest BCUT2D eigenvalue weighted by atomic mass is 9.93. The molecule has 0 saturated heterocycles. The number of hydrogen-bond acceptors (Lipinski definition) is 2. The molecule has 0 fully saturated rings. The van der Waals surface area contributed by atoms with Gasteiger partial charge in [0.25, 0.3) is 0 Å². The molecule has 1 atom stereocenters. The van der Waals surface area contributed by atoms with Crippen molar-refractivity contribution >= 4 is 0 Å². The van der Waals surface area contributed by atoms with Crippen LogP contribution in [-0.2, 0) is 6.42 Å². The Morgan fingerprint density at radius 1 is 1.27 bits per heavy atom. The van der Waals surface area contributed by atoms with Crippen molar-refractivity contribution in [3.63, 3.8) is 0 Å². The van der Waals surface area contributed by atoms with Gasteiger partial charge >= 0.3 is 0 Å². The van der Waals surface area contributed by atoms with E-state index in [0.29, 0.717) is 0 Å². The molecule has 2 N–H and O–H groups in total. The molecule has 0 radical (unpaired) electrons. The highest BCUT2D eigenvalue weighted by Crippen LogP contribution is 2.15. The van der Waals surface area contributed by atoms with Crippen LogP contribution >= 0.6 is 0 Å². The third-order valence-electron chi connectivity index (χ3n) is 2.52. The summed E-state index contributed by atoms with van der Waals surface area (Å²) in [6, 6.07) is 10.1. The first-order chi connectivity index (χ1) is 7.14. The molecule has 0 aliphatic rings. The lowest BCUT2D eigenvalue weighted by Gasteiger charge is -2.23. The molecule has 84 valence electrons. The fraction of sp³-hybridized carbons (Fsp3) is 0.538. The van der Waals surface area contributed by atoms with E-state index in [1.165, 1.54) is 5.56 Å². The van der Waals surface area contributed by atoms with Gasteiger partial charge in [-0.15, -0.1) is 0 Å². The second-order valence-corrected chi connectivity index (χ2v) is 4.26. The highest BCUT2D eigenvalue weighted by Gasteiger charge is 2.19. The topological polar surface area (TPSA) is 32.3 Å². The average molecular weight is 207 g/mol. The Balaban J connectivity index is 2.42. The Kier molecular flexibility index (Phi) is 4.79. The van der Waals surface area contributed by atoms with Crippen molar-refractivity contribution in [3.05, 3.63) is 35.9 Å². The fourth-order valence-corrected chi connectivity index (χ4v) is 1.66. The number of rotatable bonds is 6. The van der Waals surface area contributed by atoms with Crippen LogP contribution in [0.5, 0.6) is 0 Å². The highest BCUT2D eigenvalue weighted by atomic mass is 16.3. The van der Waals surface area contributed by atoms with Gasteiger partial charge in [0, 0.05) is 6.42 Å². The van der Waals surface area contributed by atoms with Crippen molar-refractivity contribution in [2.45, 2.75) is 32.3 Å². The minimum atomic E-state index is -0.608. The van der Waals surface area contributed by atoms with Crippen molar-refractivity contribution in [2.24, 2.45) is 0 Å². The first kappa shape index (κ1) is 12.2. The summed E-state index contributed by atoms with van der Waals surface area (Å²) in [4.78, 5) is 0. The van der Waals surface area contributed by atoms with E-state index in [9.17, 15) is 5.11 Å². The molecule has 0 aromatic heterocycles. The summed E-state index contributed by atoms with van der Waals surface area (Å²) < 4.78 is 0. The normalized spacial score (nSPS) is 14.9. The largest absolute Gasteiger partial charge is 0.390 e. The van der Waals surface area contributed by atoms with Crippen LogP contribution in [0.4, 0.5) is 0 Å². The van der Waals surface area contributed by atoms with E-state index in [-0.39, 0.29) is 0 Å². The van der Waals surface area contributed by atoms with E-state index in [2.05, 4.69) is 24.4 Å². The third-order valence-corrected chi connectivity index (χ3v) is 2.52. The lowest BCUT2D eigenvalue weighted by Crippen LogP contribution is -2.32. The molecule has 2 heteroatoms. The predicted molar refractivity (Wildman–Crippen MR) is 63.9 cm³/mol. The van der Waals surface area contributed by atoms with Gasteiger partial charge in [0.2, 0.25) is 0 Å². The molecule has 0 amide bonds. The van der Waals surface area contributed by atoms with Crippen LogP contribution in [0.25, 0.3) is 0 Å². The molecule has 0 heterocycles. The van der Waals surface area contributed by atoms with Gasteiger partial charge in [-0.2, -0.15) is 0 Å². The van der Waals surface area contributed by atoms with Crippen LogP contribution in [0.15, 0.2) is 30.3 Å². The molecule has 0 aliphatic heterocycles. The maximum atomic E-state index is 10.2. The monoisotopic (exact) mass is 207 g/mol. The second-order valence-electron chi connectivity index (χ2n) is 4.26. The average Bonchev–Trinajstić information content (AvgIpc) is 2.18. The van der Waals surface area contributed by atoms with Crippen molar-refractivity contribution in [2.75, 3.05) is 13.1 Å². The van der Waals surface area contributed by atoms with Crippen molar-refractivity contribution in [1.82, 2.24) is 5.32 Å². The van der Waals surface area contributed by atoms with Crippen LogP contribution in [-0.4, -0.2) is 23.8 Å². The first-order valence-electron chi connectivity index (χ1n) is 5.61. The summed E-state index contributed by atoms with van der Waals surface area (Å²) in [5.74, 6) is 0. The number of benzene rings is 1. The summed E-state index contributed by atoms with van der Waals surface area (Å²) in [7, 11) is 0. The molecule has 1 aromatic carbocycles.